The van der Waals surface area contributed by atoms with Gasteiger partial charge in [0.05, 0.1) is 13.0 Å². The van der Waals surface area contributed by atoms with Gasteiger partial charge in [-0.1, -0.05) is 10.2 Å². The zero-order valence-electron chi connectivity index (χ0n) is 9.21. The number of carboxylic acid groups (broad SMARTS) is 1. The standard InChI is InChI=1S/C7H11N7O4/c8-4(3-6(15)16)7(17)18-2-1-5(11-13-9)12-14-10/h4-5H,1-3,8H2,(H,15,16)/t4-/m0/s1. The average molecular weight is 257 g/mol. The van der Waals surface area contributed by atoms with E-state index in [9.17, 15) is 9.59 Å². The summed E-state index contributed by atoms with van der Waals surface area (Å²) in [6, 6.07) is -1.26. The van der Waals surface area contributed by atoms with Crippen molar-refractivity contribution < 1.29 is 19.4 Å². The normalized spacial score (nSPS) is 12.5. The van der Waals surface area contributed by atoms with E-state index in [-0.39, 0.29) is 13.0 Å². The SMILES string of the molecule is [N-]=[N+]=NC(CCOC(=O)[C@@H](N)CC(=O)O)N=[N+]=[N-]. The molecule has 0 unspecified atom stereocenters. The van der Waals surface area contributed by atoms with Crippen LogP contribution >= 0.6 is 0 Å². The van der Waals surface area contributed by atoms with Crippen molar-refractivity contribution in [1.82, 2.24) is 0 Å². The van der Waals surface area contributed by atoms with Gasteiger partial charge in [0.2, 0.25) is 0 Å². The highest BCUT2D eigenvalue weighted by molar-refractivity contribution is 5.81. The Kier molecular flexibility index (Phi) is 7.46. The number of azide groups is 1. The largest absolute Gasteiger partial charge is 0.481 e. The summed E-state index contributed by atoms with van der Waals surface area (Å²) in [5, 5.41) is 14.7. The first-order chi connectivity index (χ1) is 8.51. The number of nitrogens with zero attached hydrogens (tertiary/aromatic N) is 6. The van der Waals surface area contributed by atoms with Crippen molar-refractivity contribution in [2.24, 2.45) is 16.0 Å². The van der Waals surface area contributed by atoms with Crippen molar-refractivity contribution in [3.8, 4) is 0 Å². The maximum atomic E-state index is 11.2. The molecular weight excluding hydrogens is 246 g/mol. The Labute approximate surface area is 101 Å². The van der Waals surface area contributed by atoms with Crippen molar-refractivity contribution in [2.75, 3.05) is 6.61 Å². The minimum Gasteiger partial charge on any atom is -0.481 e. The molecule has 0 aromatic rings. The highest BCUT2D eigenvalue weighted by atomic mass is 16.5. The van der Waals surface area contributed by atoms with Crippen molar-refractivity contribution in [3.05, 3.63) is 20.9 Å². The summed E-state index contributed by atoms with van der Waals surface area (Å²) in [5.41, 5.74) is 21.5. The van der Waals surface area contributed by atoms with E-state index in [4.69, 9.17) is 21.9 Å². The van der Waals surface area contributed by atoms with Crippen molar-refractivity contribution in [3.63, 3.8) is 0 Å². The molecule has 0 aliphatic carbocycles. The van der Waals surface area contributed by atoms with Crippen LogP contribution in [0.4, 0.5) is 0 Å². The second kappa shape index (κ2) is 8.65. The maximum absolute atomic E-state index is 11.2. The summed E-state index contributed by atoms with van der Waals surface area (Å²) < 4.78 is 4.63. The summed E-state index contributed by atoms with van der Waals surface area (Å²) >= 11 is 0. The molecule has 0 fully saturated rings. The fourth-order valence-corrected chi connectivity index (χ4v) is 0.901. The minimum atomic E-state index is -1.26. The van der Waals surface area contributed by atoms with Gasteiger partial charge in [0.1, 0.15) is 12.2 Å². The zero-order valence-corrected chi connectivity index (χ0v) is 9.21. The molecule has 18 heavy (non-hydrogen) atoms. The molecule has 0 saturated carbocycles. The number of aliphatic carboxylic acids is 1. The number of rotatable bonds is 8. The van der Waals surface area contributed by atoms with Gasteiger partial charge in [-0.15, -0.1) is 0 Å². The number of carbonyl (C=O) groups is 2. The number of hydrogen-bond donors (Lipinski definition) is 2. The predicted octanol–water partition coefficient (Wildman–Crippen LogP) is 0.668. The Morgan fingerprint density at radius 1 is 1.33 bits per heavy atom. The molecule has 0 aromatic heterocycles. The van der Waals surface area contributed by atoms with Gasteiger partial charge in [-0.05, 0) is 17.5 Å². The summed E-state index contributed by atoms with van der Waals surface area (Å²) in [6.07, 6.45) is -1.57. The Morgan fingerprint density at radius 2 is 1.89 bits per heavy atom. The molecule has 98 valence electrons. The van der Waals surface area contributed by atoms with Crippen LogP contribution in [0.3, 0.4) is 0 Å². The monoisotopic (exact) mass is 257 g/mol. The third-order valence-corrected chi connectivity index (χ3v) is 1.69. The van der Waals surface area contributed by atoms with Crippen molar-refractivity contribution in [1.29, 1.82) is 0 Å². The van der Waals surface area contributed by atoms with Crippen molar-refractivity contribution >= 4 is 11.9 Å². The fraction of sp³-hybridized carbons (Fsp3) is 0.714. The molecular formula is C7H11N7O4. The summed E-state index contributed by atoms with van der Waals surface area (Å²) in [4.78, 5) is 26.3. The topological polar surface area (TPSA) is 187 Å². The number of carbonyl (C=O) groups excluding carboxylic acids is 1. The molecule has 0 bridgehead atoms. The summed E-state index contributed by atoms with van der Waals surface area (Å²) in [6.45, 7) is -0.200. The third-order valence-electron chi connectivity index (χ3n) is 1.69. The highest BCUT2D eigenvalue weighted by Crippen LogP contribution is 2.02. The first-order valence-corrected chi connectivity index (χ1v) is 4.73. The van der Waals surface area contributed by atoms with E-state index in [0.717, 1.165) is 0 Å². The molecule has 0 heterocycles. The van der Waals surface area contributed by atoms with Gasteiger partial charge in [0.25, 0.3) is 0 Å². The zero-order chi connectivity index (χ0) is 14.0. The lowest BCUT2D eigenvalue weighted by atomic mass is 10.2. The van der Waals surface area contributed by atoms with Crippen LogP contribution in [0.1, 0.15) is 12.8 Å². The second-order valence-corrected chi connectivity index (χ2v) is 3.05. The minimum absolute atomic E-state index is 0.0142. The van der Waals surface area contributed by atoms with Crippen LogP contribution < -0.4 is 5.73 Å². The number of hydrogen-bond acceptors (Lipinski definition) is 6. The maximum Gasteiger partial charge on any atom is 0.323 e. The van der Waals surface area contributed by atoms with E-state index in [2.05, 4.69) is 24.8 Å². The van der Waals surface area contributed by atoms with E-state index in [1.165, 1.54) is 0 Å². The molecule has 0 spiro atoms. The second-order valence-electron chi connectivity index (χ2n) is 3.05. The van der Waals surface area contributed by atoms with Gasteiger partial charge >= 0.3 is 11.9 Å². The quantitative estimate of drug-likeness (QED) is 0.279. The number of ether oxygens (including phenoxy) is 1. The van der Waals surface area contributed by atoms with Gasteiger partial charge in [0.15, 0.2) is 0 Å². The molecule has 11 nitrogen and oxygen atoms in total. The van der Waals surface area contributed by atoms with E-state index in [0.29, 0.717) is 0 Å². The van der Waals surface area contributed by atoms with Crippen LogP contribution in [-0.4, -0.2) is 35.9 Å². The van der Waals surface area contributed by atoms with Crippen LogP contribution in [-0.2, 0) is 14.3 Å². The van der Waals surface area contributed by atoms with Crippen LogP contribution in [0.15, 0.2) is 10.2 Å². The Morgan fingerprint density at radius 3 is 2.33 bits per heavy atom. The van der Waals surface area contributed by atoms with E-state index < -0.39 is 30.6 Å². The van der Waals surface area contributed by atoms with E-state index >= 15 is 0 Å². The molecule has 0 radical (unpaired) electrons. The molecule has 1 atom stereocenters. The van der Waals surface area contributed by atoms with Crippen LogP contribution in [0.2, 0.25) is 0 Å². The van der Waals surface area contributed by atoms with Crippen molar-refractivity contribution in [2.45, 2.75) is 25.0 Å². The molecule has 0 amide bonds. The van der Waals surface area contributed by atoms with E-state index in [1.54, 1.807) is 0 Å². The summed E-state index contributed by atoms with van der Waals surface area (Å²) in [5.74, 6) is -2.11. The average Bonchev–Trinajstić information content (AvgIpc) is 2.28. The highest BCUT2D eigenvalue weighted by Gasteiger charge is 2.18. The Hall–Kier alpha value is -2.48. The van der Waals surface area contributed by atoms with Crippen LogP contribution in [0.5, 0.6) is 0 Å². The Balaban J connectivity index is 4.09. The Bertz CT molecular complexity index is 381. The van der Waals surface area contributed by atoms with Gasteiger partial charge in [0, 0.05) is 9.82 Å². The van der Waals surface area contributed by atoms with Gasteiger partial charge in [-0.3, -0.25) is 9.59 Å². The van der Waals surface area contributed by atoms with Gasteiger partial charge in [-0.25, -0.2) is 0 Å². The molecule has 0 saturated heterocycles. The van der Waals surface area contributed by atoms with Crippen LogP contribution in [0.25, 0.3) is 20.9 Å². The first kappa shape index (κ1) is 15.5. The number of carboxylic acids is 1. The lowest BCUT2D eigenvalue weighted by Crippen LogP contribution is -2.34. The smallest absolute Gasteiger partial charge is 0.323 e. The molecule has 3 N–H and O–H groups in total. The van der Waals surface area contributed by atoms with Gasteiger partial charge < -0.3 is 15.6 Å². The molecule has 0 aliphatic rings. The molecule has 0 rings (SSSR count). The van der Waals surface area contributed by atoms with Crippen LogP contribution in [0, 0.1) is 0 Å². The molecule has 0 aliphatic heterocycles. The molecule has 11 heteroatoms. The predicted molar refractivity (Wildman–Crippen MR) is 57.9 cm³/mol. The third kappa shape index (κ3) is 6.90. The molecule has 0 aromatic carbocycles. The number of esters is 1. The first-order valence-electron chi connectivity index (χ1n) is 4.73. The number of nitrogens with two attached hydrogens (primary N) is 1. The summed E-state index contributed by atoms with van der Waals surface area (Å²) in [7, 11) is 0. The fourth-order valence-electron chi connectivity index (χ4n) is 0.901. The lowest BCUT2D eigenvalue weighted by molar-refractivity contribution is -0.149. The van der Waals surface area contributed by atoms with Gasteiger partial charge in [-0.2, -0.15) is 0 Å². The van der Waals surface area contributed by atoms with E-state index in [1.807, 2.05) is 0 Å². The lowest BCUT2D eigenvalue weighted by Gasteiger charge is -2.10.